The van der Waals surface area contributed by atoms with Crippen LogP contribution in [-0.2, 0) is 6.61 Å². The fourth-order valence-electron chi connectivity index (χ4n) is 1.34. The Bertz CT molecular complexity index is 479. The first-order valence-corrected chi connectivity index (χ1v) is 5.03. The smallest absolute Gasteiger partial charge is 0.137 e. The lowest BCUT2D eigenvalue weighted by Crippen LogP contribution is -1.93. The quantitative estimate of drug-likeness (QED) is 0.792. The third kappa shape index (κ3) is 2.09. The van der Waals surface area contributed by atoms with Gasteiger partial charge in [-0.3, -0.25) is 0 Å². The number of hydrogen-bond donors (Lipinski definition) is 1. The Morgan fingerprint density at radius 1 is 1.27 bits per heavy atom. The Hall–Kier alpha value is -1.18. The minimum atomic E-state index is -0.332. The van der Waals surface area contributed by atoms with Crippen LogP contribution < -0.4 is 5.30 Å². The minimum Gasteiger partial charge on any atom is -0.459 e. The predicted molar refractivity (Wildman–Crippen MR) is 59.4 cm³/mol. The SMILES string of the molecule is OCc1ccc(-c2ccc(P)cc2F)o1. The summed E-state index contributed by atoms with van der Waals surface area (Å²) in [6, 6.07) is 8.12. The van der Waals surface area contributed by atoms with Crippen LogP contribution in [0.2, 0.25) is 0 Å². The van der Waals surface area contributed by atoms with Gasteiger partial charge in [-0.05, 0) is 29.6 Å². The van der Waals surface area contributed by atoms with Crippen LogP contribution in [0.3, 0.4) is 0 Å². The van der Waals surface area contributed by atoms with Crippen LogP contribution in [0.1, 0.15) is 5.76 Å². The number of hydrogen-bond acceptors (Lipinski definition) is 2. The summed E-state index contributed by atoms with van der Waals surface area (Å²) in [5, 5.41) is 9.60. The molecule has 0 aliphatic rings. The number of furan rings is 1. The van der Waals surface area contributed by atoms with Crippen molar-refractivity contribution in [1.29, 1.82) is 0 Å². The number of rotatable bonds is 2. The van der Waals surface area contributed by atoms with Crippen LogP contribution in [0.5, 0.6) is 0 Å². The predicted octanol–water partition coefficient (Wildman–Crippen LogP) is 2.08. The highest BCUT2D eigenvalue weighted by Crippen LogP contribution is 2.24. The van der Waals surface area contributed by atoms with Crippen LogP contribution in [0, 0.1) is 5.82 Å². The van der Waals surface area contributed by atoms with Gasteiger partial charge in [-0.25, -0.2) is 4.39 Å². The highest BCUT2D eigenvalue weighted by atomic mass is 31.0. The van der Waals surface area contributed by atoms with Gasteiger partial charge in [0, 0.05) is 0 Å². The van der Waals surface area contributed by atoms with Crippen LogP contribution in [0.4, 0.5) is 4.39 Å². The first kappa shape index (κ1) is 10.3. The lowest BCUT2D eigenvalue weighted by Gasteiger charge is -2.00. The van der Waals surface area contributed by atoms with E-state index in [0.717, 1.165) is 5.30 Å². The number of aliphatic hydroxyl groups is 1. The monoisotopic (exact) mass is 224 g/mol. The maximum absolute atomic E-state index is 13.5. The van der Waals surface area contributed by atoms with Gasteiger partial charge >= 0.3 is 0 Å². The molecule has 78 valence electrons. The topological polar surface area (TPSA) is 33.4 Å². The van der Waals surface area contributed by atoms with E-state index in [4.69, 9.17) is 9.52 Å². The molecule has 0 fully saturated rings. The summed E-state index contributed by atoms with van der Waals surface area (Å²) in [4.78, 5) is 0. The Morgan fingerprint density at radius 3 is 2.67 bits per heavy atom. The summed E-state index contributed by atoms with van der Waals surface area (Å²) in [5.74, 6) is 0.530. The van der Waals surface area contributed by atoms with E-state index in [1.807, 2.05) is 0 Å². The first-order valence-electron chi connectivity index (χ1n) is 4.45. The summed E-state index contributed by atoms with van der Waals surface area (Å²) in [6.45, 7) is -0.177. The number of benzene rings is 1. The second-order valence-corrected chi connectivity index (χ2v) is 3.83. The molecule has 1 aromatic carbocycles. The number of halogens is 1. The van der Waals surface area contributed by atoms with Gasteiger partial charge in [0.05, 0.1) is 5.56 Å². The zero-order valence-electron chi connectivity index (χ0n) is 7.90. The summed E-state index contributed by atoms with van der Waals surface area (Å²) >= 11 is 0. The highest BCUT2D eigenvalue weighted by molar-refractivity contribution is 7.27. The van der Waals surface area contributed by atoms with E-state index in [-0.39, 0.29) is 12.4 Å². The molecule has 0 aliphatic carbocycles. The molecule has 0 bridgehead atoms. The van der Waals surface area contributed by atoms with Crippen LogP contribution in [-0.4, -0.2) is 5.11 Å². The maximum atomic E-state index is 13.5. The maximum Gasteiger partial charge on any atom is 0.137 e. The standard InChI is InChI=1S/C11H10FO2P/c12-10-5-8(15)2-3-9(10)11-4-1-7(6-13)14-11/h1-5,13H,6,15H2. The molecule has 1 aromatic heterocycles. The molecule has 0 saturated carbocycles. The molecule has 2 rings (SSSR count). The Morgan fingerprint density at radius 2 is 2.07 bits per heavy atom. The third-order valence-corrected chi connectivity index (χ3v) is 2.44. The number of aliphatic hydroxyl groups excluding tert-OH is 1. The highest BCUT2D eigenvalue weighted by Gasteiger charge is 2.09. The molecule has 1 N–H and O–H groups in total. The van der Waals surface area contributed by atoms with Crippen molar-refractivity contribution in [3.8, 4) is 11.3 Å². The average Bonchev–Trinajstić information content (AvgIpc) is 2.66. The van der Waals surface area contributed by atoms with Crippen LogP contribution in [0.25, 0.3) is 11.3 Å². The normalized spacial score (nSPS) is 10.6. The van der Waals surface area contributed by atoms with Crippen molar-refractivity contribution in [2.75, 3.05) is 0 Å². The lowest BCUT2D eigenvalue weighted by molar-refractivity contribution is 0.248. The van der Waals surface area contributed by atoms with Crippen molar-refractivity contribution in [3.05, 3.63) is 41.9 Å². The molecule has 2 nitrogen and oxygen atoms in total. The zero-order chi connectivity index (χ0) is 10.8. The van der Waals surface area contributed by atoms with Gasteiger partial charge in [0.2, 0.25) is 0 Å². The van der Waals surface area contributed by atoms with Crippen molar-refractivity contribution in [2.24, 2.45) is 0 Å². The van der Waals surface area contributed by atoms with E-state index in [1.165, 1.54) is 6.07 Å². The molecule has 0 saturated heterocycles. The van der Waals surface area contributed by atoms with E-state index in [1.54, 1.807) is 24.3 Å². The Balaban J connectivity index is 2.44. The molecule has 2 aromatic rings. The van der Waals surface area contributed by atoms with Gasteiger partial charge in [-0.1, -0.05) is 6.07 Å². The summed E-state index contributed by atoms with van der Waals surface area (Å²) in [7, 11) is 2.43. The Labute approximate surface area is 88.9 Å². The minimum absolute atomic E-state index is 0.177. The van der Waals surface area contributed by atoms with E-state index in [9.17, 15) is 4.39 Å². The van der Waals surface area contributed by atoms with E-state index < -0.39 is 0 Å². The molecular weight excluding hydrogens is 214 g/mol. The van der Waals surface area contributed by atoms with Crippen molar-refractivity contribution in [2.45, 2.75) is 6.61 Å². The molecule has 0 radical (unpaired) electrons. The van der Waals surface area contributed by atoms with Gasteiger partial charge in [0.25, 0.3) is 0 Å². The van der Waals surface area contributed by atoms with Gasteiger partial charge in [0.15, 0.2) is 0 Å². The molecule has 1 atom stereocenters. The molecule has 1 heterocycles. The second-order valence-electron chi connectivity index (χ2n) is 3.16. The molecule has 1 unspecified atom stereocenters. The lowest BCUT2D eigenvalue weighted by atomic mass is 10.1. The first-order chi connectivity index (χ1) is 7.20. The molecular formula is C11H10FO2P. The molecule has 15 heavy (non-hydrogen) atoms. The van der Waals surface area contributed by atoms with Gasteiger partial charge in [0.1, 0.15) is 23.9 Å². The third-order valence-electron chi connectivity index (χ3n) is 2.08. The summed E-state index contributed by atoms with van der Waals surface area (Å²) in [5.41, 5.74) is 0.404. The fourth-order valence-corrected chi connectivity index (χ4v) is 1.58. The average molecular weight is 224 g/mol. The van der Waals surface area contributed by atoms with Gasteiger partial charge < -0.3 is 9.52 Å². The van der Waals surface area contributed by atoms with E-state index in [0.29, 0.717) is 17.1 Å². The summed E-state index contributed by atoms with van der Waals surface area (Å²) < 4.78 is 18.8. The summed E-state index contributed by atoms with van der Waals surface area (Å²) in [6.07, 6.45) is 0. The zero-order valence-corrected chi connectivity index (χ0v) is 9.06. The van der Waals surface area contributed by atoms with Crippen molar-refractivity contribution < 1.29 is 13.9 Å². The molecule has 0 aliphatic heterocycles. The van der Waals surface area contributed by atoms with Gasteiger partial charge in [-0.2, -0.15) is 0 Å². The molecule has 0 amide bonds. The molecule has 4 heteroatoms. The van der Waals surface area contributed by atoms with Crippen molar-refractivity contribution in [1.82, 2.24) is 0 Å². The molecule has 0 spiro atoms. The van der Waals surface area contributed by atoms with Crippen LogP contribution in [0.15, 0.2) is 34.7 Å². The van der Waals surface area contributed by atoms with E-state index >= 15 is 0 Å². The Kier molecular flexibility index (Phi) is 2.85. The largest absolute Gasteiger partial charge is 0.459 e. The van der Waals surface area contributed by atoms with Crippen LogP contribution >= 0.6 is 9.24 Å². The second kappa shape index (κ2) is 4.13. The fraction of sp³-hybridized carbons (Fsp3) is 0.0909. The van der Waals surface area contributed by atoms with Crippen molar-refractivity contribution in [3.63, 3.8) is 0 Å². The van der Waals surface area contributed by atoms with Gasteiger partial charge in [-0.15, -0.1) is 9.24 Å². The van der Waals surface area contributed by atoms with Crippen molar-refractivity contribution >= 4 is 14.5 Å². The van der Waals surface area contributed by atoms with E-state index in [2.05, 4.69) is 9.24 Å².